The van der Waals surface area contributed by atoms with Gasteiger partial charge in [-0.3, -0.25) is 4.90 Å². The van der Waals surface area contributed by atoms with Crippen LogP contribution in [-0.4, -0.2) is 53.8 Å². The van der Waals surface area contributed by atoms with E-state index < -0.39 is 42.4 Å². The summed E-state index contributed by atoms with van der Waals surface area (Å²) < 4.78 is 18.5. The quantitative estimate of drug-likeness (QED) is 0.367. The molecule has 3 aliphatic rings. The zero-order valence-corrected chi connectivity index (χ0v) is 21.1. The van der Waals surface area contributed by atoms with Crippen molar-refractivity contribution in [2.75, 3.05) is 6.54 Å². The molecule has 1 amide bonds. The third kappa shape index (κ3) is 3.86. The van der Waals surface area contributed by atoms with Gasteiger partial charge in [0.15, 0.2) is 12.2 Å². The fourth-order valence-electron chi connectivity index (χ4n) is 4.62. The van der Waals surface area contributed by atoms with Crippen molar-refractivity contribution in [2.24, 2.45) is 0 Å². The van der Waals surface area contributed by atoms with Crippen LogP contribution >= 0.6 is 31.9 Å². The van der Waals surface area contributed by atoms with Gasteiger partial charge < -0.3 is 14.2 Å². The molecule has 1 aliphatic carbocycles. The Bertz CT molecular complexity index is 1260. The van der Waals surface area contributed by atoms with Crippen molar-refractivity contribution in [1.29, 1.82) is 0 Å². The van der Waals surface area contributed by atoms with Crippen LogP contribution in [0.4, 0.5) is 4.79 Å². The first kappa shape index (κ1) is 22.9. The predicted octanol–water partition coefficient (Wildman–Crippen LogP) is 5.05. The van der Waals surface area contributed by atoms with E-state index in [-0.39, 0.29) is 6.54 Å². The summed E-state index contributed by atoms with van der Waals surface area (Å²) in [7, 11) is 0. The molecule has 0 N–H and O–H groups in total. The number of rotatable bonds is 4. The molecule has 174 valence electrons. The molecule has 2 aliphatic heterocycles. The number of esters is 2. The summed E-state index contributed by atoms with van der Waals surface area (Å²) in [5.74, 6) is -1.03. The Kier molecular flexibility index (Phi) is 6.07. The van der Waals surface area contributed by atoms with Gasteiger partial charge in [0.25, 0.3) is 0 Å². The molecule has 1 saturated heterocycles. The Hall–Kier alpha value is -2.91. The SMILES string of the molecule is C/C=C1/C2=C[C@@H](OC(=O)c3ccccc3Br)CN3C(=O)O[C@H]([C@H]1OC(=O)c1ccccc1Br)[C@H]23. The highest BCUT2D eigenvalue weighted by Crippen LogP contribution is 2.45. The minimum Gasteiger partial charge on any atom is -0.453 e. The average Bonchev–Trinajstić information content (AvgIpc) is 3.30. The van der Waals surface area contributed by atoms with Crippen molar-refractivity contribution in [1.82, 2.24) is 4.90 Å². The minimum absolute atomic E-state index is 0.154. The maximum Gasteiger partial charge on any atom is 0.411 e. The molecule has 7 nitrogen and oxygen atoms in total. The van der Waals surface area contributed by atoms with Gasteiger partial charge in [-0.25, -0.2) is 14.4 Å². The number of ether oxygens (including phenoxy) is 3. The van der Waals surface area contributed by atoms with Crippen LogP contribution < -0.4 is 0 Å². The first-order valence-corrected chi connectivity index (χ1v) is 12.2. The van der Waals surface area contributed by atoms with Gasteiger partial charge in [-0.1, -0.05) is 30.3 Å². The standard InChI is InChI=1S/C25H19Br2NO6/c1-2-14-17-11-13(32-23(29)15-7-3-5-9-18(15)26)12-28-20(17)22(34-25(28)31)21(14)33-24(30)16-8-4-6-10-19(16)27/h2-11,13,20-22H,12H2,1H3/b14-2-/t13-,20+,21+,22+/m1/s1. The van der Waals surface area contributed by atoms with Crippen LogP contribution in [0.2, 0.25) is 0 Å². The minimum atomic E-state index is -0.771. The molecular weight excluding hydrogens is 570 g/mol. The normalized spacial score (nSPS) is 26.1. The Morgan fingerprint density at radius 2 is 1.59 bits per heavy atom. The Balaban J connectivity index is 1.43. The van der Waals surface area contributed by atoms with E-state index in [0.29, 0.717) is 20.1 Å². The molecule has 2 aromatic rings. The zero-order chi connectivity index (χ0) is 24.0. The Labute approximate surface area is 212 Å². The van der Waals surface area contributed by atoms with Crippen LogP contribution in [0.3, 0.4) is 0 Å². The van der Waals surface area contributed by atoms with Crippen LogP contribution in [0.1, 0.15) is 27.6 Å². The second-order valence-electron chi connectivity index (χ2n) is 8.04. The first-order chi connectivity index (χ1) is 16.4. The summed E-state index contributed by atoms with van der Waals surface area (Å²) in [6.07, 6.45) is 1.02. The highest BCUT2D eigenvalue weighted by molar-refractivity contribution is 9.10. The van der Waals surface area contributed by atoms with E-state index in [1.807, 2.05) is 19.1 Å². The van der Waals surface area contributed by atoms with E-state index in [1.165, 1.54) is 4.90 Å². The molecule has 1 saturated carbocycles. The molecule has 0 radical (unpaired) electrons. The van der Waals surface area contributed by atoms with Crippen molar-refractivity contribution in [2.45, 2.75) is 31.3 Å². The number of hydrogen-bond acceptors (Lipinski definition) is 6. The number of allylic oxidation sites excluding steroid dienone is 1. The lowest BCUT2D eigenvalue weighted by molar-refractivity contribution is 0.00665. The third-order valence-electron chi connectivity index (χ3n) is 6.11. The lowest BCUT2D eigenvalue weighted by Gasteiger charge is -2.30. The third-order valence-corrected chi connectivity index (χ3v) is 7.49. The van der Waals surface area contributed by atoms with Crippen molar-refractivity contribution in [3.8, 4) is 0 Å². The zero-order valence-electron chi connectivity index (χ0n) is 17.9. The van der Waals surface area contributed by atoms with Gasteiger partial charge in [-0.05, 0) is 80.3 Å². The molecule has 9 heteroatoms. The number of benzene rings is 2. The number of carbonyl (C=O) groups excluding carboxylic acids is 3. The summed E-state index contributed by atoms with van der Waals surface area (Å²) in [5, 5.41) is 0. The van der Waals surface area contributed by atoms with E-state index in [4.69, 9.17) is 14.2 Å². The molecule has 2 fully saturated rings. The summed E-state index contributed by atoms with van der Waals surface area (Å²) in [6.45, 7) is 1.99. The predicted molar refractivity (Wildman–Crippen MR) is 129 cm³/mol. The summed E-state index contributed by atoms with van der Waals surface area (Å²) in [4.78, 5) is 39.9. The second-order valence-corrected chi connectivity index (χ2v) is 9.75. The molecule has 0 aromatic heterocycles. The smallest absolute Gasteiger partial charge is 0.411 e. The fraction of sp³-hybridized carbons (Fsp3) is 0.240. The molecule has 0 bridgehead atoms. The summed E-state index contributed by atoms with van der Waals surface area (Å²) in [5.41, 5.74) is 2.26. The topological polar surface area (TPSA) is 82.1 Å². The van der Waals surface area contributed by atoms with E-state index >= 15 is 0 Å². The molecule has 0 unspecified atom stereocenters. The van der Waals surface area contributed by atoms with Gasteiger partial charge in [0.2, 0.25) is 0 Å². The molecule has 2 heterocycles. The monoisotopic (exact) mass is 587 g/mol. The van der Waals surface area contributed by atoms with Gasteiger partial charge in [-0.15, -0.1) is 0 Å². The Morgan fingerprint density at radius 1 is 1.00 bits per heavy atom. The maximum absolute atomic E-state index is 12.9. The maximum atomic E-state index is 12.9. The highest BCUT2D eigenvalue weighted by atomic mass is 79.9. The van der Waals surface area contributed by atoms with Crippen LogP contribution in [0.15, 0.2) is 80.8 Å². The number of hydrogen-bond donors (Lipinski definition) is 0. The van der Waals surface area contributed by atoms with Crippen molar-refractivity contribution in [3.63, 3.8) is 0 Å². The van der Waals surface area contributed by atoms with Crippen LogP contribution in [0.5, 0.6) is 0 Å². The second kappa shape index (κ2) is 9.03. The first-order valence-electron chi connectivity index (χ1n) is 10.7. The molecular formula is C25H19Br2NO6. The van der Waals surface area contributed by atoms with Crippen molar-refractivity contribution >= 4 is 49.9 Å². The van der Waals surface area contributed by atoms with E-state index in [2.05, 4.69) is 31.9 Å². The van der Waals surface area contributed by atoms with Crippen LogP contribution in [0.25, 0.3) is 0 Å². The van der Waals surface area contributed by atoms with Gasteiger partial charge >= 0.3 is 18.0 Å². The fourth-order valence-corrected chi connectivity index (χ4v) is 5.51. The van der Waals surface area contributed by atoms with E-state index in [1.54, 1.807) is 48.5 Å². The molecule has 5 rings (SSSR count). The van der Waals surface area contributed by atoms with E-state index in [9.17, 15) is 14.4 Å². The lowest BCUT2D eigenvalue weighted by atomic mass is 9.99. The highest BCUT2D eigenvalue weighted by Gasteiger charge is 2.58. The summed E-state index contributed by atoms with van der Waals surface area (Å²) >= 11 is 6.73. The van der Waals surface area contributed by atoms with Crippen LogP contribution in [-0.2, 0) is 14.2 Å². The molecule has 2 aromatic carbocycles. The largest absolute Gasteiger partial charge is 0.453 e. The summed E-state index contributed by atoms with van der Waals surface area (Å²) in [6, 6.07) is 13.5. The number of nitrogens with zero attached hydrogens (tertiary/aromatic N) is 1. The van der Waals surface area contributed by atoms with Crippen LogP contribution in [0, 0.1) is 0 Å². The number of amides is 1. The van der Waals surface area contributed by atoms with Gasteiger partial charge in [0, 0.05) is 8.95 Å². The lowest BCUT2D eigenvalue weighted by Crippen LogP contribution is -2.45. The van der Waals surface area contributed by atoms with Gasteiger partial charge in [0.05, 0.1) is 17.7 Å². The van der Waals surface area contributed by atoms with Crippen molar-refractivity contribution < 1.29 is 28.6 Å². The van der Waals surface area contributed by atoms with Crippen molar-refractivity contribution in [3.05, 3.63) is 91.9 Å². The molecule has 34 heavy (non-hydrogen) atoms. The molecule has 0 spiro atoms. The van der Waals surface area contributed by atoms with E-state index in [0.717, 1.165) is 11.1 Å². The average molecular weight is 589 g/mol. The number of carbonyl (C=O) groups is 3. The molecule has 4 atom stereocenters. The number of halogens is 2. The van der Waals surface area contributed by atoms with Gasteiger partial charge in [0.1, 0.15) is 12.1 Å². The van der Waals surface area contributed by atoms with Gasteiger partial charge in [-0.2, -0.15) is 0 Å². The Morgan fingerprint density at radius 3 is 2.18 bits per heavy atom.